The largest absolute Gasteiger partial charge is 0.462 e. The molecule has 0 aromatic rings. The number of esters is 3. The van der Waals surface area contributed by atoms with Crippen LogP contribution in [0.15, 0.2) is 24.3 Å². The molecule has 55 heavy (non-hydrogen) atoms. The summed E-state index contributed by atoms with van der Waals surface area (Å²) < 4.78 is 16.9. The number of carbonyl (C=O) groups excluding carboxylic acids is 3. The zero-order valence-corrected chi connectivity index (χ0v) is 37.1. The summed E-state index contributed by atoms with van der Waals surface area (Å²) in [5.74, 6) is -0.412. The molecule has 0 aromatic heterocycles. The number of unbranched alkanes of at least 4 members (excludes halogenated alkanes) is 16. The minimum Gasteiger partial charge on any atom is -0.462 e. The molecule has 1 heterocycles. The van der Waals surface area contributed by atoms with E-state index in [9.17, 15) is 14.4 Å². The zero-order valence-electron chi connectivity index (χ0n) is 37.1. The lowest BCUT2D eigenvalue weighted by molar-refractivity contribution is -0.155. The first-order chi connectivity index (χ1) is 26.7. The van der Waals surface area contributed by atoms with Crippen molar-refractivity contribution in [2.24, 2.45) is 11.3 Å². The van der Waals surface area contributed by atoms with E-state index in [2.05, 4.69) is 50.3 Å². The lowest BCUT2D eigenvalue weighted by atomic mass is 9.80. The number of rotatable bonds is 37. The fourth-order valence-electron chi connectivity index (χ4n) is 6.72. The van der Waals surface area contributed by atoms with Gasteiger partial charge in [-0.15, -0.1) is 0 Å². The molecule has 1 fully saturated rings. The molecule has 0 aromatic carbocycles. The lowest BCUT2D eigenvalue weighted by Crippen LogP contribution is -2.28. The highest BCUT2D eigenvalue weighted by atomic mass is 16.5. The summed E-state index contributed by atoms with van der Waals surface area (Å²) in [6, 6.07) is 0. The van der Waals surface area contributed by atoms with E-state index >= 15 is 0 Å². The van der Waals surface area contributed by atoms with Crippen molar-refractivity contribution >= 4 is 17.9 Å². The number of allylic oxidation sites excluding steroid dienone is 2. The molecule has 1 aliphatic rings. The second-order valence-electron chi connectivity index (χ2n) is 16.3. The Morgan fingerprint density at radius 1 is 0.655 bits per heavy atom. The van der Waals surface area contributed by atoms with Crippen LogP contribution in [0.25, 0.3) is 0 Å². The van der Waals surface area contributed by atoms with Gasteiger partial charge in [-0.05, 0) is 82.5 Å². The molecule has 0 bridgehead atoms. The number of carbonyl (C=O) groups is 3. The van der Waals surface area contributed by atoms with Gasteiger partial charge in [0.15, 0.2) is 0 Å². The van der Waals surface area contributed by atoms with E-state index < -0.39 is 0 Å². The Bertz CT molecular complexity index is 924. The Morgan fingerprint density at radius 3 is 1.55 bits per heavy atom. The van der Waals surface area contributed by atoms with Crippen LogP contribution in [0.2, 0.25) is 0 Å². The Kier molecular flexibility index (Phi) is 35.9. The van der Waals surface area contributed by atoms with Gasteiger partial charge in [0.1, 0.15) is 19.3 Å². The predicted molar refractivity (Wildman–Crippen MR) is 230 cm³/mol. The summed E-state index contributed by atoms with van der Waals surface area (Å²) in [7, 11) is 0. The maximum atomic E-state index is 13.2. The number of hydrazine groups is 1. The summed E-state index contributed by atoms with van der Waals surface area (Å²) in [6.07, 6.45) is 34.9. The van der Waals surface area contributed by atoms with E-state index in [1.807, 2.05) is 32.9 Å². The van der Waals surface area contributed by atoms with Gasteiger partial charge in [-0.2, -0.15) is 0 Å². The van der Waals surface area contributed by atoms with Gasteiger partial charge in [-0.1, -0.05) is 150 Å². The van der Waals surface area contributed by atoms with Crippen LogP contribution in [0.1, 0.15) is 215 Å². The number of nitrogens with one attached hydrogen (secondary N) is 1. The number of hydrogen-bond acceptors (Lipinski definition) is 8. The monoisotopic (exact) mass is 777 g/mol. The van der Waals surface area contributed by atoms with Gasteiger partial charge in [-0.3, -0.25) is 14.4 Å². The lowest BCUT2D eigenvalue weighted by Gasteiger charge is -2.28. The molecule has 8 heteroatoms. The smallest absolute Gasteiger partial charge is 0.308 e. The van der Waals surface area contributed by atoms with Gasteiger partial charge in [0, 0.05) is 19.4 Å². The Morgan fingerprint density at radius 2 is 1.09 bits per heavy atom. The molecular formula is C47H88N2O6. The summed E-state index contributed by atoms with van der Waals surface area (Å²) in [6.45, 7) is 17.7. The quantitative estimate of drug-likeness (QED) is 0.0219. The van der Waals surface area contributed by atoms with Gasteiger partial charge in [0.2, 0.25) is 0 Å². The van der Waals surface area contributed by atoms with Gasteiger partial charge < -0.3 is 14.2 Å². The average Bonchev–Trinajstić information content (AvgIpc) is 4.00. The van der Waals surface area contributed by atoms with Crippen LogP contribution < -0.4 is 5.43 Å². The normalized spacial score (nSPS) is 14.6. The number of ether oxygens (including phenoxy) is 3. The maximum Gasteiger partial charge on any atom is 0.308 e. The molecule has 2 unspecified atom stereocenters. The Hall–Kier alpha value is -2.19. The molecule has 0 spiro atoms. The second kappa shape index (κ2) is 37.4. The Labute approximate surface area is 339 Å². The molecule has 2 atom stereocenters. The van der Waals surface area contributed by atoms with E-state index in [-0.39, 0.29) is 35.3 Å². The van der Waals surface area contributed by atoms with Crippen molar-refractivity contribution in [3.63, 3.8) is 0 Å². The van der Waals surface area contributed by atoms with Crippen molar-refractivity contribution in [1.82, 2.24) is 10.4 Å². The molecule has 1 aliphatic heterocycles. The highest BCUT2D eigenvalue weighted by molar-refractivity contribution is 5.72. The van der Waals surface area contributed by atoms with Crippen molar-refractivity contribution in [2.75, 3.05) is 26.4 Å². The van der Waals surface area contributed by atoms with Crippen molar-refractivity contribution in [3.8, 4) is 0 Å². The highest BCUT2D eigenvalue weighted by Gasteiger charge is 2.29. The van der Waals surface area contributed by atoms with Crippen molar-refractivity contribution < 1.29 is 28.6 Å². The molecule has 0 aliphatic carbocycles. The maximum absolute atomic E-state index is 13.2. The van der Waals surface area contributed by atoms with Gasteiger partial charge in [-0.25, -0.2) is 10.4 Å². The van der Waals surface area contributed by atoms with E-state index in [1.165, 1.54) is 51.4 Å². The predicted octanol–water partition coefficient (Wildman–Crippen LogP) is 12.7. The molecule has 1 rings (SSSR count). The van der Waals surface area contributed by atoms with Gasteiger partial charge in [0.25, 0.3) is 0 Å². The van der Waals surface area contributed by atoms with Crippen LogP contribution in [0.5, 0.6) is 0 Å². The molecular weight excluding hydrogens is 689 g/mol. The third-order valence-corrected chi connectivity index (χ3v) is 10.3. The van der Waals surface area contributed by atoms with Gasteiger partial charge >= 0.3 is 17.9 Å². The van der Waals surface area contributed by atoms with E-state index in [1.54, 1.807) is 0 Å². The molecule has 1 saturated heterocycles. The Balaban J connectivity index is 0.0000143. The summed E-state index contributed by atoms with van der Waals surface area (Å²) >= 11 is 0. The standard InChI is InChI=1S/C45H82N2O6.C2H6/c1-6-8-10-12-14-22-28-36-51-42(48)32-26-20-16-18-24-30-41(53-44(50)40(3)38-45(4,5)34-35-47-39-46-47)31-25-19-17-21-27-33-43(49)52-37-29-23-15-13-11-9-7-2;1-2/h22-23,28-29,40-41,46H,6-21,24-27,30-39H2,1-5H3;1-2H3/b28-22-,29-23-;. The fourth-order valence-corrected chi connectivity index (χ4v) is 6.72. The van der Waals surface area contributed by atoms with Crippen LogP contribution in [-0.2, 0) is 28.6 Å². The highest BCUT2D eigenvalue weighted by Crippen LogP contribution is 2.31. The molecule has 0 saturated carbocycles. The number of hydrogen-bond donors (Lipinski definition) is 1. The first-order valence-electron chi connectivity index (χ1n) is 23.0. The third-order valence-electron chi connectivity index (χ3n) is 10.3. The van der Waals surface area contributed by atoms with Crippen LogP contribution in [0, 0.1) is 11.3 Å². The van der Waals surface area contributed by atoms with Crippen LogP contribution >= 0.6 is 0 Å². The van der Waals surface area contributed by atoms with Crippen LogP contribution in [0.3, 0.4) is 0 Å². The molecule has 0 amide bonds. The van der Waals surface area contributed by atoms with Gasteiger partial charge in [0.05, 0.1) is 12.6 Å². The van der Waals surface area contributed by atoms with E-state index in [4.69, 9.17) is 14.2 Å². The minimum absolute atomic E-state index is 0.0563. The number of nitrogens with zero attached hydrogens (tertiary/aromatic N) is 1. The first kappa shape index (κ1) is 52.8. The zero-order chi connectivity index (χ0) is 40.8. The second-order valence-corrected chi connectivity index (χ2v) is 16.3. The van der Waals surface area contributed by atoms with Crippen LogP contribution in [0.4, 0.5) is 0 Å². The molecule has 322 valence electrons. The molecule has 0 radical (unpaired) electrons. The molecule has 8 nitrogen and oxygen atoms in total. The minimum atomic E-state index is -0.128. The fraction of sp³-hybridized carbons (Fsp3) is 0.851. The van der Waals surface area contributed by atoms with E-state index in [0.717, 1.165) is 116 Å². The summed E-state index contributed by atoms with van der Waals surface area (Å²) in [5, 5.41) is 2.20. The third kappa shape index (κ3) is 35.9. The van der Waals surface area contributed by atoms with Crippen molar-refractivity contribution in [1.29, 1.82) is 0 Å². The molecule has 1 N–H and O–H groups in total. The van der Waals surface area contributed by atoms with Crippen LogP contribution in [-0.4, -0.2) is 55.4 Å². The van der Waals surface area contributed by atoms with E-state index in [0.29, 0.717) is 26.1 Å². The summed E-state index contributed by atoms with van der Waals surface area (Å²) in [5.41, 5.74) is 3.30. The SMILES string of the molecule is CC.CCCCCC/C=C\COC(=O)CCCCCCCC(CCCCCCCC(=O)OC/C=C\CCCCCC)OC(=O)C(C)CC(C)(C)CCN1CN1. The van der Waals surface area contributed by atoms with Crippen molar-refractivity contribution in [3.05, 3.63) is 24.3 Å². The van der Waals surface area contributed by atoms with Crippen molar-refractivity contribution in [2.45, 2.75) is 222 Å². The first-order valence-corrected chi connectivity index (χ1v) is 23.0. The summed E-state index contributed by atoms with van der Waals surface area (Å²) in [4.78, 5) is 37.4. The topological polar surface area (TPSA) is 104 Å². The average molecular weight is 777 g/mol.